The van der Waals surface area contributed by atoms with Crippen LogP contribution in [-0.4, -0.2) is 43.0 Å². The predicted molar refractivity (Wildman–Crippen MR) is 102 cm³/mol. The molecule has 1 amide bonds. The number of nitrogens with zero attached hydrogens (tertiary/aromatic N) is 2. The molecule has 2 aromatic carbocycles. The molecule has 0 spiro atoms. The van der Waals surface area contributed by atoms with Crippen molar-refractivity contribution in [2.24, 2.45) is 0 Å². The van der Waals surface area contributed by atoms with Crippen LogP contribution in [0.2, 0.25) is 0 Å². The normalized spacial score (nSPS) is 16.5. The highest BCUT2D eigenvalue weighted by molar-refractivity contribution is 9.10. The molecule has 0 aromatic heterocycles. The molecule has 1 N–H and O–H groups in total. The van der Waals surface area contributed by atoms with E-state index in [1.807, 2.05) is 25.1 Å². The maximum atomic E-state index is 13.9. The van der Waals surface area contributed by atoms with Crippen molar-refractivity contribution in [1.82, 2.24) is 4.90 Å². The summed E-state index contributed by atoms with van der Waals surface area (Å²) in [4.78, 5) is 16.9. The lowest BCUT2D eigenvalue weighted by Gasteiger charge is -2.38. The van der Waals surface area contributed by atoms with E-state index in [2.05, 4.69) is 43.2 Å². The maximum Gasteiger partial charge on any atom is 0.241 e. The highest BCUT2D eigenvalue weighted by atomic mass is 79.9. The number of carbonyl (C=O) groups excluding carboxylic acids is 1. The number of rotatable bonds is 4. The zero-order valence-corrected chi connectivity index (χ0v) is 15.7. The standard InChI is InChI=1S/C19H21BrFN3O/c1-14(19(25)22-18-8-7-15(20)13-17(18)21)23-9-11-24(12-10-23)16-5-3-2-4-6-16/h2-8,13-14H,9-12H2,1H3,(H,22,25)/t14-/m0/s1. The topological polar surface area (TPSA) is 35.6 Å². The van der Waals surface area contributed by atoms with E-state index >= 15 is 0 Å². The van der Waals surface area contributed by atoms with Crippen LogP contribution in [0.5, 0.6) is 0 Å². The molecule has 25 heavy (non-hydrogen) atoms. The third-order valence-corrected chi connectivity index (χ3v) is 5.05. The van der Waals surface area contributed by atoms with Crippen LogP contribution in [0.4, 0.5) is 15.8 Å². The first-order valence-corrected chi connectivity index (χ1v) is 9.14. The summed E-state index contributed by atoms with van der Waals surface area (Å²) in [5.74, 6) is -0.627. The molecule has 0 unspecified atom stereocenters. The molecule has 0 bridgehead atoms. The second kappa shape index (κ2) is 7.97. The molecule has 0 aliphatic carbocycles. The van der Waals surface area contributed by atoms with Gasteiger partial charge in [0, 0.05) is 36.3 Å². The Kier molecular flexibility index (Phi) is 5.71. The van der Waals surface area contributed by atoms with Crippen molar-refractivity contribution in [3.63, 3.8) is 0 Å². The van der Waals surface area contributed by atoms with Gasteiger partial charge in [0.25, 0.3) is 0 Å². The van der Waals surface area contributed by atoms with Crippen LogP contribution in [0.3, 0.4) is 0 Å². The average molecular weight is 406 g/mol. The summed E-state index contributed by atoms with van der Waals surface area (Å²) in [6.45, 7) is 5.20. The zero-order valence-electron chi connectivity index (χ0n) is 14.1. The molecule has 2 aromatic rings. The molecule has 1 atom stereocenters. The van der Waals surface area contributed by atoms with E-state index in [4.69, 9.17) is 0 Å². The number of benzene rings is 2. The minimum atomic E-state index is -0.441. The minimum Gasteiger partial charge on any atom is -0.369 e. The van der Waals surface area contributed by atoms with Gasteiger partial charge in [-0.25, -0.2) is 4.39 Å². The van der Waals surface area contributed by atoms with Gasteiger partial charge in [-0.15, -0.1) is 0 Å². The van der Waals surface area contributed by atoms with Crippen molar-refractivity contribution in [1.29, 1.82) is 0 Å². The summed E-state index contributed by atoms with van der Waals surface area (Å²) in [5, 5.41) is 2.69. The Morgan fingerprint density at radius 2 is 1.80 bits per heavy atom. The minimum absolute atomic E-state index is 0.186. The molecule has 0 saturated carbocycles. The van der Waals surface area contributed by atoms with Crippen LogP contribution in [0, 0.1) is 5.82 Å². The van der Waals surface area contributed by atoms with Gasteiger partial charge in [-0.05, 0) is 37.3 Å². The number of halogens is 2. The molecule has 1 fully saturated rings. The van der Waals surface area contributed by atoms with Gasteiger partial charge in [0.05, 0.1) is 11.7 Å². The van der Waals surface area contributed by atoms with Gasteiger partial charge < -0.3 is 10.2 Å². The van der Waals surface area contributed by atoms with Crippen molar-refractivity contribution in [2.75, 3.05) is 36.4 Å². The Bertz CT molecular complexity index is 733. The number of nitrogens with one attached hydrogen (secondary N) is 1. The summed E-state index contributed by atoms with van der Waals surface area (Å²) in [6, 6.07) is 14.6. The van der Waals surface area contributed by atoms with Crippen molar-refractivity contribution >= 4 is 33.2 Å². The Labute approximate surface area is 155 Å². The van der Waals surface area contributed by atoms with E-state index in [0.717, 1.165) is 26.2 Å². The number of hydrogen-bond acceptors (Lipinski definition) is 3. The predicted octanol–water partition coefficient (Wildman–Crippen LogP) is 3.74. The highest BCUT2D eigenvalue weighted by Gasteiger charge is 2.26. The van der Waals surface area contributed by atoms with Crippen LogP contribution in [0.25, 0.3) is 0 Å². The number of anilines is 2. The fraction of sp³-hybridized carbons (Fsp3) is 0.316. The Balaban J connectivity index is 1.56. The van der Waals surface area contributed by atoms with Crippen molar-refractivity contribution < 1.29 is 9.18 Å². The molecule has 4 nitrogen and oxygen atoms in total. The number of hydrogen-bond donors (Lipinski definition) is 1. The monoisotopic (exact) mass is 405 g/mol. The van der Waals surface area contributed by atoms with E-state index in [0.29, 0.717) is 4.47 Å². The van der Waals surface area contributed by atoms with Crippen LogP contribution in [-0.2, 0) is 4.79 Å². The molecular weight excluding hydrogens is 385 g/mol. The first kappa shape index (κ1) is 17.9. The van der Waals surface area contributed by atoms with Crippen molar-refractivity contribution in [3.05, 3.63) is 58.8 Å². The second-order valence-corrected chi connectivity index (χ2v) is 7.06. The fourth-order valence-electron chi connectivity index (χ4n) is 3.00. The van der Waals surface area contributed by atoms with Gasteiger partial charge in [-0.1, -0.05) is 34.1 Å². The van der Waals surface area contributed by atoms with E-state index in [9.17, 15) is 9.18 Å². The van der Waals surface area contributed by atoms with E-state index in [-0.39, 0.29) is 17.6 Å². The quantitative estimate of drug-likeness (QED) is 0.841. The molecule has 3 rings (SSSR count). The van der Waals surface area contributed by atoms with Crippen LogP contribution in [0.1, 0.15) is 6.92 Å². The van der Waals surface area contributed by atoms with Crippen molar-refractivity contribution in [2.45, 2.75) is 13.0 Å². The van der Waals surface area contributed by atoms with Gasteiger partial charge in [-0.3, -0.25) is 9.69 Å². The molecule has 6 heteroatoms. The average Bonchev–Trinajstić information content (AvgIpc) is 2.64. The van der Waals surface area contributed by atoms with Gasteiger partial charge in [0.15, 0.2) is 0 Å². The first-order valence-electron chi connectivity index (χ1n) is 8.34. The van der Waals surface area contributed by atoms with Crippen LogP contribution >= 0.6 is 15.9 Å². The summed E-state index contributed by atoms with van der Waals surface area (Å²) < 4.78 is 14.5. The van der Waals surface area contributed by atoms with Gasteiger partial charge >= 0.3 is 0 Å². The third-order valence-electron chi connectivity index (χ3n) is 4.55. The SMILES string of the molecule is C[C@@H](C(=O)Nc1ccc(Br)cc1F)N1CCN(c2ccccc2)CC1. The molecule has 1 aliphatic heterocycles. The van der Waals surface area contributed by atoms with Crippen LogP contribution in [0.15, 0.2) is 53.0 Å². The van der Waals surface area contributed by atoms with Gasteiger partial charge in [0.2, 0.25) is 5.91 Å². The number of amides is 1. The largest absolute Gasteiger partial charge is 0.369 e. The lowest BCUT2D eigenvalue weighted by molar-refractivity contribution is -0.120. The molecular formula is C19H21BrFN3O. The summed E-state index contributed by atoms with van der Waals surface area (Å²) in [5.41, 5.74) is 1.42. The van der Waals surface area contributed by atoms with E-state index in [1.165, 1.54) is 11.8 Å². The second-order valence-electron chi connectivity index (χ2n) is 6.15. The van der Waals surface area contributed by atoms with Gasteiger partial charge in [0.1, 0.15) is 5.82 Å². The number of piperazine rings is 1. The summed E-state index contributed by atoms with van der Waals surface area (Å²) >= 11 is 3.21. The first-order chi connectivity index (χ1) is 12.0. The Morgan fingerprint density at radius 3 is 2.44 bits per heavy atom. The molecule has 0 radical (unpaired) electrons. The molecule has 132 valence electrons. The van der Waals surface area contributed by atoms with Crippen molar-refractivity contribution in [3.8, 4) is 0 Å². The highest BCUT2D eigenvalue weighted by Crippen LogP contribution is 2.21. The Hall–Kier alpha value is -1.92. The summed E-state index contributed by atoms with van der Waals surface area (Å²) in [7, 11) is 0. The smallest absolute Gasteiger partial charge is 0.241 e. The molecule has 1 saturated heterocycles. The lowest BCUT2D eigenvalue weighted by atomic mass is 10.2. The lowest BCUT2D eigenvalue weighted by Crippen LogP contribution is -2.52. The fourth-order valence-corrected chi connectivity index (χ4v) is 3.33. The summed E-state index contributed by atoms with van der Waals surface area (Å²) in [6.07, 6.45) is 0. The Morgan fingerprint density at radius 1 is 1.12 bits per heavy atom. The van der Waals surface area contributed by atoms with E-state index < -0.39 is 5.82 Å². The number of para-hydroxylation sites is 1. The molecule has 1 heterocycles. The maximum absolute atomic E-state index is 13.9. The number of carbonyl (C=O) groups is 1. The molecule has 1 aliphatic rings. The van der Waals surface area contributed by atoms with Crippen LogP contribution < -0.4 is 10.2 Å². The van der Waals surface area contributed by atoms with Gasteiger partial charge in [-0.2, -0.15) is 0 Å². The zero-order chi connectivity index (χ0) is 17.8. The third kappa shape index (κ3) is 4.38. The van der Waals surface area contributed by atoms with E-state index in [1.54, 1.807) is 12.1 Å².